The van der Waals surface area contributed by atoms with Crippen molar-refractivity contribution in [2.24, 2.45) is 5.10 Å². The topological polar surface area (TPSA) is 59.9 Å². The minimum Gasteiger partial charge on any atom is -0.496 e. The summed E-state index contributed by atoms with van der Waals surface area (Å²) in [4.78, 5) is 11.8. The van der Waals surface area contributed by atoms with Crippen LogP contribution in [-0.2, 0) is 4.79 Å². The van der Waals surface area contributed by atoms with Gasteiger partial charge in [-0.2, -0.15) is 5.10 Å². The third kappa shape index (κ3) is 3.97. The molecule has 6 heteroatoms. The quantitative estimate of drug-likeness (QED) is 0.545. The van der Waals surface area contributed by atoms with Gasteiger partial charge in [-0.15, -0.1) is 0 Å². The lowest BCUT2D eigenvalue weighted by Crippen LogP contribution is -2.24. The van der Waals surface area contributed by atoms with Crippen LogP contribution in [0.3, 0.4) is 0 Å². The van der Waals surface area contributed by atoms with Crippen LogP contribution in [-0.4, -0.2) is 25.8 Å². The van der Waals surface area contributed by atoms with Gasteiger partial charge in [0.05, 0.1) is 13.3 Å². The molecule has 0 spiro atoms. The minimum atomic E-state index is -0.524. The molecule has 0 aliphatic rings. The number of nitrogens with zero attached hydrogens (tertiary/aromatic N) is 1. The van der Waals surface area contributed by atoms with Gasteiger partial charge in [-0.25, -0.2) is 9.82 Å². The molecule has 0 aromatic heterocycles. The van der Waals surface area contributed by atoms with E-state index < -0.39 is 11.7 Å². The van der Waals surface area contributed by atoms with Gasteiger partial charge in [0, 0.05) is 5.56 Å². The van der Waals surface area contributed by atoms with E-state index in [0.717, 1.165) is 16.3 Å². The van der Waals surface area contributed by atoms with Crippen LogP contribution in [0, 0.1) is 5.82 Å². The first-order chi connectivity index (χ1) is 12.7. The smallest absolute Gasteiger partial charge is 0.277 e. The molecule has 3 aromatic rings. The van der Waals surface area contributed by atoms with Crippen molar-refractivity contribution in [3.8, 4) is 11.5 Å². The largest absolute Gasteiger partial charge is 0.496 e. The van der Waals surface area contributed by atoms with E-state index >= 15 is 0 Å². The number of hydrogen-bond donors (Lipinski definition) is 1. The molecule has 0 saturated carbocycles. The molecule has 0 unspecified atom stereocenters. The summed E-state index contributed by atoms with van der Waals surface area (Å²) in [6.07, 6.45) is 1.52. The number of para-hydroxylation sites is 1. The van der Waals surface area contributed by atoms with Gasteiger partial charge >= 0.3 is 0 Å². The van der Waals surface area contributed by atoms with Crippen LogP contribution >= 0.6 is 0 Å². The highest BCUT2D eigenvalue weighted by Crippen LogP contribution is 2.26. The molecule has 0 bridgehead atoms. The summed E-state index contributed by atoms with van der Waals surface area (Å²) in [7, 11) is 1.57. The van der Waals surface area contributed by atoms with Crippen molar-refractivity contribution in [1.29, 1.82) is 0 Å². The Morgan fingerprint density at radius 3 is 2.65 bits per heavy atom. The van der Waals surface area contributed by atoms with Gasteiger partial charge in [0.2, 0.25) is 0 Å². The Kier molecular flexibility index (Phi) is 5.43. The SMILES string of the molecule is COc1ccc2ccccc2c1/C=N\NC(=O)COc1ccccc1F. The number of ether oxygens (including phenoxy) is 2. The Hall–Kier alpha value is -3.41. The average molecular weight is 352 g/mol. The van der Waals surface area contributed by atoms with Crippen LogP contribution in [0.2, 0.25) is 0 Å². The number of hydrazone groups is 1. The molecule has 26 heavy (non-hydrogen) atoms. The standard InChI is InChI=1S/C20H17FN2O3/c1-25-18-11-10-14-6-2-3-7-15(14)16(18)12-22-23-20(24)13-26-19-9-5-4-8-17(19)21/h2-12H,13H2,1H3,(H,23,24)/b22-12-. The van der Waals surface area contributed by atoms with Crippen molar-refractivity contribution in [1.82, 2.24) is 5.43 Å². The number of rotatable bonds is 6. The third-order valence-electron chi connectivity index (χ3n) is 3.73. The molecular formula is C20H17FN2O3. The Morgan fingerprint density at radius 1 is 1.08 bits per heavy atom. The maximum absolute atomic E-state index is 13.4. The zero-order valence-electron chi connectivity index (χ0n) is 14.1. The predicted octanol–water partition coefficient (Wildman–Crippen LogP) is 3.52. The predicted molar refractivity (Wildman–Crippen MR) is 98.1 cm³/mol. The molecule has 0 fully saturated rings. The molecule has 0 atom stereocenters. The van der Waals surface area contributed by atoms with Crippen molar-refractivity contribution < 1.29 is 18.7 Å². The van der Waals surface area contributed by atoms with Crippen LogP contribution < -0.4 is 14.9 Å². The number of carbonyl (C=O) groups excluding carboxylic acids is 1. The monoisotopic (exact) mass is 352 g/mol. The summed E-state index contributed by atoms with van der Waals surface area (Å²) in [5, 5.41) is 5.94. The highest BCUT2D eigenvalue weighted by molar-refractivity contribution is 6.02. The van der Waals surface area contributed by atoms with Gasteiger partial charge in [0.25, 0.3) is 5.91 Å². The molecule has 3 rings (SSSR count). The highest BCUT2D eigenvalue weighted by atomic mass is 19.1. The number of fused-ring (bicyclic) bond motifs is 1. The van der Waals surface area contributed by atoms with Crippen molar-refractivity contribution in [2.45, 2.75) is 0 Å². The molecule has 1 N–H and O–H groups in total. The molecular weight excluding hydrogens is 335 g/mol. The Labute approximate surface area is 150 Å². The van der Waals surface area contributed by atoms with E-state index in [9.17, 15) is 9.18 Å². The number of amides is 1. The van der Waals surface area contributed by atoms with Gasteiger partial charge in [-0.3, -0.25) is 4.79 Å². The Balaban J connectivity index is 1.68. The summed E-state index contributed by atoms with van der Waals surface area (Å²) >= 11 is 0. The van der Waals surface area contributed by atoms with Gasteiger partial charge in [0.1, 0.15) is 5.75 Å². The van der Waals surface area contributed by atoms with E-state index in [-0.39, 0.29) is 12.4 Å². The zero-order chi connectivity index (χ0) is 18.4. The number of nitrogens with one attached hydrogen (secondary N) is 1. The number of hydrogen-bond acceptors (Lipinski definition) is 4. The first-order valence-corrected chi connectivity index (χ1v) is 7.94. The fourth-order valence-electron chi connectivity index (χ4n) is 2.49. The molecule has 0 radical (unpaired) electrons. The maximum Gasteiger partial charge on any atom is 0.277 e. The summed E-state index contributed by atoms with van der Waals surface area (Å²) in [6, 6.07) is 17.5. The second kappa shape index (κ2) is 8.11. The van der Waals surface area contributed by atoms with Gasteiger partial charge in [-0.1, -0.05) is 42.5 Å². The average Bonchev–Trinajstić information content (AvgIpc) is 2.67. The lowest BCUT2D eigenvalue weighted by molar-refractivity contribution is -0.123. The van der Waals surface area contributed by atoms with Crippen molar-refractivity contribution in [3.63, 3.8) is 0 Å². The van der Waals surface area contributed by atoms with E-state index in [1.54, 1.807) is 19.2 Å². The van der Waals surface area contributed by atoms with Crippen LogP contribution in [0.5, 0.6) is 11.5 Å². The minimum absolute atomic E-state index is 0.0161. The number of methoxy groups -OCH3 is 1. The molecule has 3 aromatic carbocycles. The van der Waals surface area contributed by atoms with Crippen molar-refractivity contribution in [3.05, 3.63) is 72.0 Å². The van der Waals surface area contributed by atoms with E-state index in [2.05, 4.69) is 10.5 Å². The molecule has 5 nitrogen and oxygen atoms in total. The normalized spacial score (nSPS) is 10.8. The van der Waals surface area contributed by atoms with Crippen molar-refractivity contribution in [2.75, 3.05) is 13.7 Å². The van der Waals surface area contributed by atoms with Crippen LogP contribution in [0.25, 0.3) is 10.8 Å². The van der Waals surface area contributed by atoms with E-state index in [1.807, 2.05) is 36.4 Å². The Morgan fingerprint density at radius 2 is 1.85 bits per heavy atom. The van der Waals surface area contributed by atoms with Gasteiger partial charge < -0.3 is 9.47 Å². The maximum atomic E-state index is 13.4. The molecule has 0 aliphatic carbocycles. The zero-order valence-corrected chi connectivity index (χ0v) is 14.1. The molecule has 0 saturated heterocycles. The molecule has 0 aliphatic heterocycles. The van der Waals surface area contributed by atoms with E-state index in [0.29, 0.717) is 5.75 Å². The summed E-state index contributed by atoms with van der Waals surface area (Å²) in [6.45, 7) is -0.342. The fourth-order valence-corrected chi connectivity index (χ4v) is 2.49. The number of carbonyl (C=O) groups is 1. The number of benzene rings is 3. The summed E-state index contributed by atoms with van der Waals surface area (Å²) in [5.41, 5.74) is 3.12. The van der Waals surface area contributed by atoms with Gasteiger partial charge in [-0.05, 0) is 29.0 Å². The summed E-state index contributed by atoms with van der Waals surface area (Å²) < 4.78 is 23.9. The summed E-state index contributed by atoms with van der Waals surface area (Å²) in [5.74, 6) is -0.361. The van der Waals surface area contributed by atoms with Crippen molar-refractivity contribution >= 4 is 22.9 Å². The van der Waals surface area contributed by atoms with Crippen LogP contribution in [0.4, 0.5) is 4.39 Å². The number of halogens is 1. The first kappa shape index (κ1) is 17.4. The first-order valence-electron chi connectivity index (χ1n) is 7.94. The molecule has 132 valence electrons. The fraction of sp³-hybridized carbons (Fsp3) is 0.100. The highest BCUT2D eigenvalue weighted by Gasteiger charge is 2.07. The lowest BCUT2D eigenvalue weighted by Gasteiger charge is -2.08. The van der Waals surface area contributed by atoms with Crippen LogP contribution in [0.1, 0.15) is 5.56 Å². The third-order valence-corrected chi connectivity index (χ3v) is 3.73. The molecule has 0 heterocycles. The Bertz CT molecular complexity index is 957. The van der Waals surface area contributed by atoms with Gasteiger partial charge in [0.15, 0.2) is 18.2 Å². The second-order valence-corrected chi connectivity index (χ2v) is 5.41. The van der Waals surface area contributed by atoms with Crippen LogP contribution in [0.15, 0.2) is 65.8 Å². The van der Waals surface area contributed by atoms with E-state index in [4.69, 9.17) is 9.47 Å². The second-order valence-electron chi connectivity index (χ2n) is 5.41. The van der Waals surface area contributed by atoms with E-state index in [1.165, 1.54) is 18.3 Å². The lowest BCUT2D eigenvalue weighted by atomic mass is 10.0. The molecule has 1 amide bonds.